The van der Waals surface area contributed by atoms with Crippen LogP contribution in [0.5, 0.6) is 0 Å². The zero-order valence-corrected chi connectivity index (χ0v) is 12.0. The molecule has 0 aromatic carbocycles. The van der Waals surface area contributed by atoms with Gasteiger partial charge in [-0.2, -0.15) is 0 Å². The first kappa shape index (κ1) is 14.5. The Hall–Kier alpha value is -1.89. The van der Waals surface area contributed by atoms with Crippen molar-refractivity contribution in [3.63, 3.8) is 0 Å². The van der Waals surface area contributed by atoms with Crippen LogP contribution in [0, 0.1) is 10.1 Å². The Balaban J connectivity index is 2.34. The molecule has 1 atom stereocenters. The Kier molecular flexibility index (Phi) is 4.39. The summed E-state index contributed by atoms with van der Waals surface area (Å²) in [7, 11) is 2.10. The molecule has 0 aliphatic carbocycles. The maximum Gasteiger partial charge on any atom is 0.276 e. The molecule has 1 aromatic heterocycles. The van der Waals surface area contributed by atoms with E-state index in [2.05, 4.69) is 28.8 Å². The third-order valence-corrected chi connectivity index (χ3v) is 3.69. The van der Waals surface area contributed by atoms with Crippen LogP contribution in [0.4, 0.5) is 17.3 Å². The fourth-order valence-corrected chi connectivity index (χ4v) is 2.67. The fourth-order valence-electron chi connectivity index (χ4n) is 2.67. The minimum Gasteiger partial charge on any atom is -0.383 e. The summed E-state index contributed by atoms with van der Waals surface area (Å²) < 4.78 is 0. The van der Waals surface area contributed by atoms with Gasteiger partial charge in [0.2, 0.25) is 0 Å². The molecular formula is C13H21N5O2. The molecule has 0 spiro atoms. The Morgan fingerprint density at radius 2 is 2.25 bits per heavy atom. The third-order valence-electron chi connectivity index (χ3n) is 3.69. The normalized spacial score (nSPS) is 20.7. The number of nitro groups is 1. The summed E-state index contributed by atoms with van der Waals surface area (Å²) in [5.41, 5.74) is 5.70. The number of anilines is 2. The third kappa shape index (κ3) is 3.16. The standard InChI is InChI=1S/C13H21N5O2/c1-3-10-9-16(2)5-4-6-17(10)13-8-11(18(19)20)7-12(14)15-13/h7-8,10H,3-6,9H2,1-2H3,(H2,14,15). The zero-order valence-electron chi connectivity index (χ0n) is 12.0. The SMILES string of the molecule is CCC1CN(C)CCCN1c1cc([N+](=O)[O-])cc(N)n1. The van der Waals surface area contributed by atoms with Crippen LogP contribution in [-0.4, -0.2) is 47.5 Å². The van der Waals surface area contributed by atoms with Crippen LogP contribution in [-0.2, 0) is 0 Å². The number of hydrogen-bond donors (Lipinski definition) is 1. The first-order valence-corrected chi connectivity index (χ1v) is 6.88. The number of nitrogen functional groups attached to an aromatic ring is 1. The van der Waals surface area contributed by atoms with Gasteiger partial charge in [-0.1, -0.05) is 6.92 Å². The number of nitrogens with two attached hydrogens (primary N) is 1. The van der Waals surface area contributed by atoms with Crippen molar-refractivity contribution in [3.8, 4) is 0 Å². The minimum absolute atomic E-state index is 0.0000420. The van der Waals surface area contributed by atoms with Crippen molar-refractivity contribution >= 4 is 17.3 Å². The number of nitrogens with zero attached hydrogens (tertiary/aromatic N) is 4. The molecule has 20 heavy (non-hydrogen) atoms. The van der Waals surface area contributed by atoms with E-state index in [4.69, 9.17) is 5.73 Å². The van der Waals surface area contributed by atoms with Crippen LogP contribution in [0.2, 0.25) is 0 Å². The van der Waals surface area contributed by atoms with Gasteiger partial charge in [0, 0.05) is 19.1 Å². The topological polar surface area (TPSA) is 88.5 Å². The summed E-state index contributed by atoms with van der Waals surface area (Å²) in [6.45, 7) is 4.92. The van der Waals surface area contributed by atoms with Crippen molar-refractivity contribution in [1.82, 2.24) is 9.88 Å². The smallest absolute Gasteiger partial charge is 0.276 e. The lowest BCUT2D eigenvalue weighted by molar-refractivity contribution is -0.384. The second-order valence-corrected chi connectivity index (χ2v) is 5.24. The van der Waals surface area contributed by atoms with Gasteiger partial charge in [-0.3, -0.25) is 10.1 Å². The van der Waals surface area contributed by atoms with E-state index in [0.717, 1.165) is 32.5 Å². The molecule has 110 valence electrons. The molecule has 0 saturated carbocycles. The van der Waals surface area contributed by atoms with E-state index >= 15 is 0 Å². The second-order valence-electron chi connectivity index (χ2n) is 5.24. The minimum atomic E-state index is -0.424. The van der Waals surface area contributed by atoms with Crippen molar-refractivity contribution in [2.75, 3.05) is 37.3 Å². The van der Waals surface area contributed by atoms with Crippen molar-refractivity contribution in [2.45, 2.75) is 25.8 Å². The summed E-state index contributed by atoms with van der Waals surface area (Å²) in [4.78, 5) is 19.2. The van der Waals surface area contributed by atoms with Crippen LogP contribution in [0.25, 0.3) is 0 Å². The lowest BCUT2D eigenvalue weighted by Crippen LogP contribution is -2.40. The van der Waals surface area contributed by atoms with Crippen molar-refractivity contribution in [3.05, 3.63) is 22.2 Å². The summed E-state index contributed by atoms with van der Waals surface area (Å²) in [6, 6.07) is 3.12. The van der Waals surface area contributed by atoms with Gasteiger partial charge in [-0.25, -0.2) is 4.98 Å². The van der Waals surface area contributed by atoms with E-state index < -0.39 is 4.92 Å². The highest BCUT2D eigenvalue weighted by Crippen LogP contribution is 2.25. The van der Waals surface area contributed by atoms with Crippen molar-refractivity contribution in [2.24, 2.45) is 0 Å². The van der Waals surface area contributed by atoms with Gasteiger partial charge in [0.25, 0.3) is 5.69 Å². The average molecular weight is 279 g/mol. The molecule has 1 fully saturated rings. The first-order valence-electron chi connectivity index (χ1n) is 6.88. The predicted octanol–water partition coefficient (Wildman–Crippen LogP) is 1.49. The van der Waals surface area contributed by atoms with Gasteiger partial charge in [0.05, 0.1) is 17.1 Å². The van der Waals surface area contributed by atoms with Gasteiger partial charge in [-0.05, 0) is 26.4 Å². The number of likely N-dealkylation sites (N-methyl/N-ethyl adjacent to an activating group) is 1. The van der Waals surface area contributed by atoms with Crippen molar-refractivity contribution in [1.29, 1.82) is 0 Å². The molecule has 2 N–H and O–H groups in total. The molecule has 1 aliphatic heterocycles. The largest absolute Gasteiger partial charge is 0.383 e. The zero-order chi connectivity index (χ0) is 14.7. The van der Waals surface area contributed by atoms with E-state index in [1.165, 1.54) is 12.1 Å². The molecule has 0 amide bonds. The monoisotopic (exact) mass is 279 g/mol. The molecule has 1 aliphatic rings. The van der Waals surface area contributed by atoms with E-state index in [-0.39, 0.29) is 11.5 Å². The van der Waals surface area contributed by atoms with E-state index in [1.807, 2.05) is 0 Å². The molecule has 1 saturated heterocycles. The van der Waals surface area contributed by atoms with Crippen LogP contribution >= 0.6 is 0 Å². The summed E-state index contributed by atoms with van der Waals surface area (Å²) >= 11 is 0. The molecule has 7 heteroatoms. The van der Waals surface area contributed by atoms with Gasteiger partial charge in [0.15, 0.2) is 0 Å². The predicted molar refractivity (Wildman–Crippen MR) is 78.8 cm³/mol. The molecular weight excluding hydrogens is 258 g/mol. The van der Waals surface area contributed by atoms with Crippen molar-refractivity contribution < 1.29 is 4.92 Å². The fraction of sp³-hybridized carbons (Fsp3) is 0.615. The summed E-state index contributed by atoms with van der Waals surface area (Å²) in [6.07, 6.45) is 1.98. The van der Waals surface area contributed by atoms with Crippen LogP contribution < -0.4 is 10.6 Å². The van der Waals surface area contributed by atoms with Crippen LogP contribution in [0.1, 0.15) is 19.8 Å². The number of rotatable bonds is 3. The Morgan fingerprint density at radius 3 is 2.90 bits per heavy atom. The van der Waals surface area contributed by atoms with Crippen LogP contribution in [0.15, 0.2) is 12.1 Å². The molecule has 2 rings (SSSR count). The number of aromatic nitrogens is 1. The van der Waals surface area contributed by atoms with E-state index in [1.54, 1.807) is 0 Å². The van der Waals surface area contributed by atoms with Gasteiger partial charge >= 0.3 is 0 Å². The molecule has 0 bridgehead atoms. The van der Waals surface area contributed by atoms with E-state index in [9.17, 15) is 10.1 Å². The summed E-state index contributed by atoms with van der Waals surface area (Å²) in [5.74, 6) is 0.806. The Labute approximate surface area is 118 Å². The maximum atomic E-state index is 11.0. The van der Waals surface area contributed by atoms with Crippen LogP contribution in [0.3, 0.4) is 0 Å². The van der Waals surface area contributed by atoms with Gasteiger partial charge in [0.1, 0.15) is 11.6 Å². The second kappa shape index (κ2) is 6.04. The number of hydrogen-bond acceptors (Lipinski definition) is 6. The highest BCUT2D eigenvalue weighted by atomic mass is 16.6. The number of pyridine rings is 1. The Bertz CT molecular complexity index is 494. The molecule has 2 heterocycles. The Morgan fingerprint density at radius 1 is 1.50 bits per heavy atom. The average Bonchev–Trinajstić information content (AvgIpc) is 2.59. The molecule has 1 unspecified atom stereocenters. The van der Waals surface area contributed by atoms with Gasteiger partial charge < -0.3 is 15.5 Å². The maximum absolute atomic E-state index is 11.0. The highest BCUT2D eigenvalue weighted by molar-refractivity contribution is 5.54. The highest BCUT2D eigenvalue weighted by Gasteiger charge is 2.24. The quantitative estimate of drug-likeness (QED) is 0.666. The molecule has 0 radical (unpaired) electrons. The lowest BCUT2D eigenvalue weighted by atomic mass is 10.2. The summed E-state index contributed by atoms with van der Waals surface area (Å²) in [5, 5.41) is 11.0. The van der Waals surface area contributed by atoms with Gasteiger partial charge in [-0.15, -0.1) is 0 Å². The first-order chi connectivity index (χ1) is 9.51. The van der Waals surface area contributed by atoms with E-state index in [0.29, 0.717) is 11.9 Å². The lowest BCUT2D eigenvalue weighted by Gasteiger charge is -2.31. The molecule has 1 aromatic rings. The molecule has 7 nitrogen and oxygen atoms in total.